The summed E-state index contributed by atoms with van der Waals surface area (Å²) in [5, 5.41) is 10.6. The monoisotopic (exact) mass is 439 g/mol. The van der Waals surface area contributed by atoms with Gasteiger partial charge in [0.25, 0.3) is 0 Å². The van der Waals surface area contributed by atoms with E-state index in [9.17, 15) is 9.90 Å². The van der Waals surface area contributed by atoms with Crippen molar-refractivity contribution in [3.05, 3.63) is 42.2 Å². The number of aromatic nitrogens is 1. The minimum Gasteiger partial charge on any atom is -0.497 e. The average molecular weight is 440 g/mol. The Bertz CT molecular complexity index is 927. The van der Waals surface area contributed by atoms with Crippen molar-refractivity contribution in [3.8, 4) is 22.6 Å². The van der Waals surface area contributed by atoms with Crippen molar-refractivity contribution in [1.29, 1.82) is 0 Å². The first-order chi connectivity index (χ1) is 15.5. The first-order valence-corrected chi connectivity index (χ1v) is 11.5. The molecule has 4 rings (SSSR count). The molecule has 1 atom stereocenters. The minimum atomic E-state index is -0.588. The van der Waals surface area contributed by atoms with Gasteiger partial charge in [-0.25, -0.2) is 0 Å². The molecule has 0 radical (unpaired) electrons. The smallest absolute Gasteiger partial charge is 0.222 e. The fraction of sp³-hybridized carbons (Fsp3) is 0.520. The number of methoxy groups -OCH3 is 1. The van der Waals surface area contributed by atoms with Gasteiger partial charge in [0.15, 0.2) is 0 Å². The molecule has 172 valence electrons. The number of pyridine rings is 1. The van der Waals surface area contributed by atoms with Crippen molar-refractivity contribution in [3.63, 3.8) is 0 Å². The second kappa shape index (κ2) is 10.3. The third kappa shape index (κ3) is 5.58. The number of aliphatic hydroxyl groups excluding tert-OH is 1. The van der Waals surface area contributed by atoms with Gasteiger partial charge in [-0.3, -0.25) is 9.78 Å². The lowest BCUT2D eigenvalue weighted by molar-refractivity contribution is -0.130. The van der Waals surface area contributed by atoms with Crippen molar-refractivity contribution in [2.45, 2.75) is 44.8 Å². The number of piperidine rings is 1. The third-order valence-corrected chi connectivity index (χ3v) is 6.34. The number of benzene rings is 1. The van der Waals surface area contributed by atoms with E-state index in [4.69, 9.17) is 9.47 Å². The van der Waals surface area contributed by atoms with Gasteiger partial charge in [0.05, 0.1) is 7.11 Å². The summed E-state index contributed by atoms with van der Waals surface area (Å²) in [5.41, 5.74) is 3.04. The van der Waals surface area contributed by atoms with Crippen LogP contribution in [0.1, 0.15) is 31.2 Å². The van der Waals surface area contributed by atoms with E-state index in [-0.39, 0.29) is 6.61 Å². The van der Waals surface area contributed by atoms with Gasteiger partial charge in [-0.05, 0) is 55.5 Å². The van der Waals surface area contributed by atoms with Gasteiger partial charge < -0.3 is 24.4 Å². The van der Waals surface area contributed by atoms with Gasteiger partial charge in [-0.1, -0.05) is 0 Å². The highest BCUT2D eigenvalue weighted by atomic mass is 16.5. The van der Waals surface area contributed by atoms with E-state index in [1.165, 1.54) is 0 Å². The van der Waals surface area contributed by atoms with Gasteiger partial charge in [0.2, 0.25) is 5.91 Å². The van der Waals surface area contributed by atoms with Crippen molar-refractivity contribution in [2.75, 3.05) is 39.9 Å². The molecule has 2 aliphatic heterocycles. The first-order valence-electron chi connectivity index (χ1n) is 11.5. The van der Waals surface area contributed by atoms with Crippen LogP contribution in [0, 0.1) is 6.92 Å². The summed E-state index contributed by atoms with van der Waals surface area (Å²) in [6.45, 7) is 5.49. The Labute approximate surface area is 190 Å². The first kappa shape index (κ1) is 22.6. The van der Waals surface area contributed by atoms with Crippen molar-refractivity contribution in [1.82, 2.24) is 14.8 Å². The van der Waals surface area contributed by atoms with Crippen LogP contribution in [-0.4, -0.2) is 77.8 Å². The fourth-order valence-electron chi connectivity index (χ4n) is 4.66. The summed E-state index contributed by atoms with van der Waals surface area (Å²) in [6, 6.07) is 8.16. The van der Waals surface area contributed by atoms with E-state index < -0.39 is 6.10 Å². The van der Waals surface area contributed by atoms with Crippen LogP contribution in [-0.2, 0) is 4.79 Å². The fourth-order valence-corrected chi connectivity index (χ4v) is 4.66. The number of nitrogens with zero attached hydrogens (tertiary/aromatic N) is 3. The Hall–Kier alpha value is -2.64. The van der Waals surface area contributed by atoms with Gasteiger partial charge in [-0.15, -0.1) is 0 Å². The molecule has 2 aromatic rings. The molecule has 7 nitrogen and oxygen atoms in total. The van der Waals surface area contributed by atoms with Crippen molar-refractivity contribution in [2.24, 2.45) is 0 Å². The zero-order valence-electron chi connectivity index (χ0n) is 19.0. The average Bonchev–Trinajstić information content (AvgIpc) is 3.24. The normalized spacial score (nSPS) is 18.7. The summed E-state index contributed by atoms with van der Waals surface area (Å²) < 4.78 is 11.4. The molecule has 1 aromatic heterocycles. The van der Waals surface area contributed by atoms with Gasteiger partial charge in [0.1, 0.15) is 24.2 Å². The highest BCUT2D eigenvalue weighted by Gasteiger charge is 2.31. The van der Waals surface area contributed by atoms with Crippen molar-refractivity contribution < 1.29 is 19.4 Å². The summed E-state index contributed by atoms with van der Waals surface area (Å²) in [4.78, 5) is 20.6. The number of β-amino-alcohol motifs (C(OH)–C–C–N with tert-alkyl or cyclic N) is 1. The van der Waals surface area contributed by atoms with Crippen LogP contribution in [0.5, 0.6) is 11.5 Å². The van der Waals surface area contributed by atoms with Crippen LogP contribution < -0.4 is 9.47 Å². The summed E-state index contributed by atoms with van der Waals surface area (Å²) >= 11 is 0. The molecule has 3 heterocycles. The largest absolute Gasteiger partial charge is 0.497 e. The Morgan fingerprint density at radius 3 is 2.56 bits per heavy atom. The highest BCUT2D eigenvalue weighted by molar-refractivity contribution is 5.78. The van der Waals surface area contributed by atoms with Crippen LogP contribution in [0.15, 0.2) is 36.7 Å². The number of carbonyl (C=O) groups excluding carboxylic acids is 1. The molecular formula is C25H33N3O4. The minimum absolute atomic E-state index is 0.212. The van der Waals surface area contributed by atoms with E-state index in [2.05, 4.69) is 20.9 Å². The van der Waals surface area contributed by atoms with E-state index in [1.54, 1.807) is 7.11 Å². The van der Waals surface area contributed by atoms with E-state index in [0.717, 1.165) is 55.6 Å². The number of hydrogen-bond acceptors (Lipinski definition) is 6. The highest BCUT2D eigenvalue weighted by Crippen LogP contribution is 2.30. The topological polar surface area (TPSA) is 75.1 Å². The predicted octanol–water partition coefficient (Wildman–Crippen LogP) is 2.89. The molecule has 2 saturated heterocycles. The van der Waals surface area contributed by atoms with Crippen LogP contribution in [0.4, 0.5) is 0 Å². The lowest BCUT2D eigenvalue weighted by Crippen LogP contribution is -2.47. The molecule has 1 aromatic carbocycles. The molecule has 2 aliphatic rings. The van der Waals surface area contributed by atoms with Crippen LogP contribution in [0.3, 0.4) is 0 Å². The number of aryl methyl sites for hydroxylation is 1. The zero-order valence-corrected chi connectivity index (χ0v) is 19.0. The quantitative estimate of drug-likeness (QED) is 0.682. The summed E-state index contributed by atoms with van der Waals surface area (Å²) in [5.74, 6) is 1.66. The lowest BCUT2D eigenvalue weighted by Gasteiger charge is -2.37. The van der Waals surface area contributed by atoms with Gasteiger partial charge in [0, 0.05) is 62.7 Å². The van der Waals surface area contributed by atoms with E-state index in [1.807, 2.05) is 37.5 Å². The number of ether oxygens (including phenoxy) is 2. The standard InChI is InChI=1S/C25H33N3O4/c1-18-10-20(15-26-14-18)19-11-23(31-2)13-24(12-19)32-17-22(29)16-27-8-5-21(6-9-27)28-7-3-4-25(28)30/h10-15,21-22,29H,3-9,16-17H2,1-2H3. The number of aliphatic hydroxyl groups is 1. The van der Waals surface area contributed by atoms with Gasteiger partial charge in [-0.2, -0.15) is 0 Å². The zero-order chi connectivity index (χ0) is 22.5. The molecule has 32 heavy (non-hydrogen) atoms. The van der Waals surface area contributed by atoms with E-state index in [0.29, 0.717) is 36.4 Å². The maximum Gasteiger partial charge on any atom is 0.222 e. The molecule has 0 bridgehead atoms. The molecular weight excluding hydrogens is 406 g/mol. The van der Waals surface area contributed by atoms with Crippen LogP contribution >= 0.6 is 0 Å². The predicted molar refractivity (Wildman–Crippen MR) is 123 cm³/mol. The SMILES string of the molecule is COc1cc(OCC(O)CN2CCC(N3CCCC3=O)CC2)cc(-c2cncc(C)c2)c1. The molecule has 2 fully saturated rings. The lowest BCUT2D eigenvalue weighted by atomic mass is 10.0. The Kier molecular flexibility index (Phi) is 7.27. The number of carbonyl (C=O) groups is 1. The molecule has 1 amide bonds. The van der Waals surface area contributed by atoms with Gasteiger partial charge >= 0.3 is 0 Å². The summed E-state index contributed by atoms with van der Waals surface area (Å²) in [7, 11) is 1.63. The number of amides is 1. The second-order valence-corrected chi connectivity index (χ2v) is 8.84. The molecule has 1 unspecified atom stereocenters. The Morgan fingerprint density at radius 1 is 1.09 bits per heavy atom. The third-order valence-electron chi connectivity index (χ3n) is 6.34. The second-order valence-electron chi connectivity index (χ2n) is 8.84. The Balaban J connectivity index is 1.30. The Morgan fingerprint density at radius 2 is 1.88 bits per heavy atom. The number of rotatable bonds is 8. The van der Waals surface area contributed by atoms with Crippen LogP contribution in [0.2, 0.25) is 0 Å². The van der Waals surface area contributed by atoms with Crippen LogP contribution in [0.25, 0.3) is 11.1 Å². The molecule has 0 spiro atoms. The number of likely N-dealkylation sites (tertiary alicyclic amines) is 2. The summed E-state index contributed by atoms with van der Waals surface area (Å²) in [6.07, 6.45) is 6.69. The molecule has 0 aliphatic carbocycles. The molecule has 1 N–H and O–H groups in total. The maximum atomic E-state index is 12.0. The molecule has 7 heteroatoms. The number of hydrogen-bond donors (Lipinski definition) is 1. The van der Waals surface area contributed by atoms with E-state index >= 15 is 0 Å². The maximum absolute atomic E-state index is 12.0. The molecule has 0 saturated carbocycles. The van der Waals surface area contributed by atoms with Crippen molar-refractivity contribution >= 4 is 5.91 Å².